The van der Waals surface area contributed by atoms with E-state index in [2.05, 4.69) is 5.32 Å². The van der Waals surface area contributed by atoms with Crippen molar-refractivity contribution in [1.82, 2.24) is 0 Å². The molecule has 7 heteroatoms. The number of hydrogen-bond donors (Lipinski definition) is 1. The number of non-ortho nitro benzene ring substituents is 1. The first-order valence-corrected chi connectivity index (χ1v) is 8.62. The topological polar surface area (TPSA) is 90.7 Å². The van der Waals surface area contributed by atoms with Crippen LogP contribution in [0.3, 0.4) is 0 Å². The molecule has 142 valence electrons. The summed E-state index contributed by atoms with van der Waals surface area (Å²) in [4.78, 5) is 22.9. The fourth-order valence-electron chi connectivity index (χ4n) is 2.51. The minimum Gasteiger partial charge on any atom is -0.494 e. The van der Waals surface area contributed by atoms with Crippen LogP contribution in [0.15, 0.2) is 72.8 Å². The van der Waals surface area contributed by atoms with Gasteiger partial charge in [0.25, 0.3) is 11.6 Å². The fraction of sp³-hybridized carbons (Fsp3) is 0.0952. The number of carbonyl (C=O) groups is 1. The van der Waals surface area contributed by atoms with Gasteiger partial charge in [-0.3, -0.25) is 14.9 Å². The number of para-hydroxylation sites is 2. The first-order chi connectivity index (χ1) is 13.6. The fourth-order valence-corrected chi connectivity index (χ4v) is 2.51. The lowest BCUT2D eigenvalue weighted by Crippen LogP contribution is -2.12. The number of amides is 1. The summed E-state index contributed by atoms with van der Waals surface area (Å²) >= 11 is 0. The third kappa shape index (κ3) is 4.64. The number of benzene rings is 3. The number of nitro groups is 1. The Balaban J connectivity index is 1.77. The van der Waals surface area contributed by atoms with Gasteiger partial charge in [-0.15, -0.1) is 0 Å². The molecule has 0 aliphatic rings. The van der Waals surface area contributed by atoms with Crippen molar-refractivity contribution in [1.29, 1.82) is 0 Å². The maximum absolute atomic E-state index is 12.5. The Morgan fingerprint density at radius 1 is 1.00 bits per heavy atom. The molecule has 0 unspecified atom stereocenters. The van der Waals surface area contributed by atoms with Crippen LogP contribution in [0.2, 0.25) is 0 Å². The number of hydrogen-bond acceptors (Lipinski definition) is 5. The van der Waals surface area contributed by atoms with Crippen molar-refractivity contribution < 1.29 is 19.2 Å². The van der Waals surface area contributed by atoms with Crippen molar-refractivity contribution in [2.45, 2.75) is 6.92 Å². The van der Waals surface area contributed by atoms with Crippen molar-refractivity contribution >= 4 is 17.3 Å². The van der Waals surface area contributed by atoms with Crippen LogP contribution < -0.4 is 14.8 Å². The molecule has 3 rings (SSSR count). The number of carbonyl (C=O) groups excluding carboxylic acids is 1. The molecule has 0 aromatic heterocycles. The third-order valence-electron chi connectivity index (χ3n) is 3.82. The number of nitro benzene ring substituents is 1. The molecule has 3 aromatic carbocycles. The van der Waals surface area contributed by atoms with Gasteiger partial charge in [0.15, 0.2) is 5.75 Å². The van der Waals surface area contributed by atoms with Crippen LogP contribution in [-0.4, -0.2) is 17.4 Å². The molecule has 0 spiro atoms. The molecule has 28 heavy (non-hydrogen) atoms. The highest BCUT2D eigenvalue weighted by molar-refractivity contribution is 6.05. The molecule has 0 aliphatic carbocycles. The Morgan fingerprint density at radius 3 is 2.43 bits per heavy atom. The summed E-state index contributed by atoms with van der Waals surface area (Å²) in [5.41, 5.74) is 0.490. The van der Waals surface area contributed by atoms with E-state index in [0.29, 0.717) is 23.8 Å². The quantitative estimate of drug-likeness (QED) is 0.459. The summed E-state index contributed by atoms with van der Waals surface area (Å²) in [6, 6.07) is 19.6. The first-order valence-electron chi connectivity index (χ1n) is 8.62. The van der Waals surface area contributed by atoms with Gasteiger partial charge < -0.3 is 14.8 Å². The zero-order chi connectivity index (χ0) is 19.9. The van der Waals surface area contributed by atoms with E-state index in [0.717, 1.165) is 5.75 Å². The second-order valence-electron chi connectivity index (χ2n) is 5.76. The molecule has 0 atom stereocenters. The van der Waals surface area contributed by atoms with Crippen LogP contribution in [0, 0.1) is 10.1 Å². The molecule has 0 radical (unpaired) electrons. The van der Waals surface area contributed by atoms with E-state index in [9.17, 15) is 14.9 Å². The van der Waals surface area contributed by atoms with Gasteiger partial charge in [-0.25, -0.2) is 0 Å². The van der Waals surface area contributed by atoms with Crippen molar-refractivity contribution in [3.8, 4) is 17.2 Å². The van der Waals surface area contributed by atoms with Gasteiger partial charge in [-0.1, -0.05) is 18.2 Å². The zero-order valence-electron chi connectivity index (χ0n) is 15.1. The first kappa shape index (κ1) is 18.9. The lowest BCUT2D eigenvalue weighted by Gasteiger charge is -2.12. The standard InChI is InChI=1S/C21H18N2O5/c1-2-27-17-10-12-18(13-11-17)28-20-9-4-3-8-19(20)22-21(24)15-6-5-7-16(14-15)23(25)26/h3-14H,2H2,1H3,(H,22,24). The van der Waals surface area contributed by atoms with Crippen LogP contribution in [-0.2, 0) is 0 Å². The number of ether oxygens (including phenoxy) is 2. The maximum Gasteiger partial charge on any atom is 0.270 e. The highest BCUT2D eigenvalue weighted by Crippen LogP contribution is 2.30. The minimum atomic E-state index is -0.542. The van der Waals surface area contributed by atoms with Crippen molar-refractivity contribution in [2.24, 2.45) is 0 Å². The molecule has 0 saturated carbocycles. The van der Waals surface area contributed by atoms with E-state index in [1.807, 2.05) is 6.92 Å². The molecular formula is C21H18N2O5. The van der Waals surface area contributed by atoms with E-state index >= 15 is 0 Å². The summed E-state index contributed by atoms with van der Waals surface area (Å²) in [6.45, 7) is 2.48. The van der Waals surface area contributed by atoms with Crippen molar-refractivity contribution in [3.63, 3.8) is 0 Å². The highest BCUT2D eigenvalue weighted by Gasteiger charge is 2.14. The molecule has 0 fully saturated rings. The molecule has 1 amide bonds. The smallest absolute Gasteiger partial charge is 0.270 e. The monoisotopic (exact) mass is 378 g/mol. The minimum absolute atomic E-state index is 0.147. The molecule has 0 aliphatic heterocycles. The number of nitrogens with zero attached hydrogens (tertiary/aromatic N) is 1. The van der Waals surface area contributed by atoms with Crippen LogP contribution >= 0.6 is 0 Å². The Hall–Kier alpha value is -3.87. The molecular weight excluding hydrogens is 360 g/mol. The predicted molar refractivity (Wildman–Crippen MR) is 105 cm³/mol. The molecule has 0 saturated heterocycles. The predicted octanol–water partition coefficient (Wildman–Crippen LogP) is 5.04. The SMILES string of the molecule is CCOc1ccc(Oc2ccccc2NC(=O)c2cccc([N+](=O)[O-])c2)cc1. The lowest BCUT2D eigenvalue weighted by molar-refractivity contribution is -0.384. The largest absolute Gasteiger partial charge is 0.494 e. The number of rotatable bonds is 7. The van der Waals surface area contributed by atoms with Crippen LogP contribution in [0.5, 0.6) is 17.2 Å². The summed E-state index contributed by atoms with van der Waals surface area (Å²) < 4.78 is 11.3. The summed E-state index contributed by atoms with van der Waals surface area (Å²) in [5, 5.41) is 13.6. The van der Waals surface area contributed by atoms with Gasteiger partial charge in [-0.2, -0.15) is 0 Å². The van der Waals surface area contributed by atoms with Crippen molar-refractivity contribution in [3.05, 3.63) is 88.5 Å². The normalized spacial score (nSPS) is 10.2. The maximum atomic E-state index is 12.5. The van der Waals surface area contributed by atoms with Gasteiger partial charge in [0.2, 0.25) is 0 Å². The van der Waals surface area contributed by atoms with Gasteiger partial charge >= 0.3 is 0 Å². The summed E-state index contributed by atoms with van der Waals surface area (Å²) in [6.07, 6.45) is 0. The molecule has 0 bridgehead atoms. The Morgan fingerprint density at radius 2 is 1.71 bits per heavy atom. The average molecular weight is 378 g/mol. The Kier molecular flexibility index (Phi) is 5.86. The van der Waals surface area contributed by atoms with Gasteiger partial charge in [0.05, 0.1) is 17.2 Å². The van der Waals surface area contributed by atoms with Gasteiger partial charge in [0, 0.05) is 17.7 Å². The zero-order valence-corrected chi connectivity index (χ0v) is 15.1. The van der Waals surface area contributed by atoms with Crippen molar-refractivity contribution in [2.75, 3.05) is 11.9 Å². The Labute approximate surface area is 161 Å². The molecule has 1 N–H and O–H groups in total. The van der Waals surface area contributed by atoms with Gasteiger partial charge in [-0.05, 0) is 49.4 Å². The van der Waals surface area contributed by atoms with Crippen LogP contribution in [0.25, 0.3) is 0 Å². The van der Waals surface area contributed by atoms with E-state index < -0.39 is 10.8 Å². The number of anilines is 1. The molecule has 7 nitrogen and oxygen atoms in total. The molecule has 0 heterocycles. The average Bonchev–Trinajstić information content (AvgIpc) is 2.71. The van der Waals surface area contributed by atoms with E-state index in [4.69, 9.17) is 9.47 Å². The van der Waals surface area contributed by atoms with E-state index in [1.54, 1.807) is 48.5 Å². The molecule has 3 aromatic rings. The second-order valence-corrected chi connectivity index (χ2v) is 5.76. The third-order valence-corrected chi connectivity index (χ3v) is 3.82. The van der Waals surface area contributed by atoms with Gasteiger partial charge in [0.1, 0.15) is 11.5 Å². The summed E-state index contributed by atoms with van der Waals surface area (Å²) in [7, 11) is 0. The summed E-state index contributed by atoms with van der Waals surface area (Å²) in [5.74, 6) is 1.31. The lowest BCUT2D eigenvalue weighted by atomic mass is 10.2. The van der Waals surface area contributed by atoms with Crippen LogP contribution in [0.1, 0.15) is 17.3 Å². The van der Waals surface area contributed by atoms with Crippen LogP contribution in [0.4, 0.5) is 11.4 Å². The highest BCUT2D eigenvalue weighted by atomic mass is 16.6. The Bertz CT molecular complexity index is 986. The second kappa shape index (κ2) is 8.68. The van der Waals surface area contributed by atoms with E-state index in [1.165, 1.54) is 24.3 Å². The number of nitrogens with one attached hydrogen (secondary N) is 1. The van der Waals surface area contributed by atoms with E-state index in [-0.39, 0.29) is 11.3 Å².